The molecule has 1 fully saturated rings. The van der Waals surface area contributed by atoms with Crippen LogP contribution in [0.5, 0.6) is 0 Å². The summed E-state index contributed by atoms with van der Waals surface area (Å²) in [6.07, 6.45) is -7.39. The predicted molar refractivity (Wildman–Crippen MR) is 109 cm³/mol. The van der Waals surface area contributed by atoms with Crippen molar-refractivity contribution in [2.24, 2.45) is 0 Å². The summed E-state index contributed by atoms with van der Waals surface area (Å²) in [5, 5.41) is 8.72. The summed E-state index contributed by atoms with van der Waals surface area (Å²) in [7, 11) is 0. The first-order chi connectivity index (χ1) is 16.4. The zero-order valence-electron chi connectivity index (χ0n) is 18.2. The van der Waals surface area contributed by atoms with Gasteiger partial charge in [-0.3, -0.25) is 9.59 Å². The van der Waals surface area contributed by atoms with E-state index in [2.05, 4.69) is 20.4 Å². The quantitative estimate of drug-likeness (QED) is 0.598. The van der Waals surface area contributed by atoms with Gasteiger partial charge in [-0.05, 0) is 18.4 Å². The Hall–Kier alpha value is -3.23. The maximum atomic E-state index is 13.2. The van der Waals surface area contributed by atoms with E-state index >= 15 is 0 Å². The van der Waals surface area contributed by atoms with E-state index < -0.39 is 35.1 Å². The SMILES string of the molecule is O=C(CCN[C@@H]1CCc2c1n[nH]c(=O)c2C(F)(F)F)N1CCN(c2ncc(C(F)(F)F)cn2)CC1. The van der Waals surface area contributed by atoms with Crippen LogP contribution in [0.15, 0.2) is 17.2 Å². The fourth-order valence-electron chi connectivity index (χ4n) is 4.26. The highest BCUT2D eigenvalue weighted by atomic mass is 19.4. The number of hydrogen-bond donors (Lipinski definition) is 2. The number of piperazine rings is 1. The van der Waals surface area contributed by atoms with Gasteiger partial charge in [0.15, 0.2) is 0 Å². The van der Waals surface area contributed by atoms with Crippen LogP contribution in [0.4, 0.5) is 32.3 Å². The van der Waals surface area contributed by atoms with Gasteiger partial charge < -0.3 is 15.1 Å². The van der Waals surface area contributed by atoms with Gasteiger partial charge in [0.25, 0.3) is 5.56 Å². The first-order valence-corrected chi connectivity index (χ1v) is 10.8. The molecule has 1 aliphatic heterocycles. The number of fused-ring (bicyclic) bond motifs is 1. The van der Waals surface area contributed by atoms with Crippen LogP contribution < -0.4 is 15.8 Å². The molecule has 9 nitrogen and oxygen atoms in total. The largest absolute Gasteiger partial charge is 0.422 e. The lowest BCUT2D eigenvalue weighted by Gasteiger charge is -2.34. The molecule has 1 aliphatic carbocycles. The highest BCUT2D eigenvalue weighted by Crippen LogP contribution is 2.37. The third kappa shape index (κ3) is 5.39. The molecule has 0 aromatic carbocycles. The highest BCUT2D eigenvalue weighted by Gasteiger charge is 2.41. The number of hydrogen-bond acceptors (Lipinski definition) is 7. The molecule has 15 heteroatoms. The molecule has 1 amide bonds. The third-order valence-electron chi connectivity index (χ3n) is 6.02. The first-order valence-electron chi connectivity index (χ1n) is 10.8. The Morgan fingerprint density at radius 3 is 2.31 bits per heavy atom. The van der Waals surface area contributed by atoms with Crippen molar-refractivity contribution in [2.75, 3.05) is 37.6 Å². The van der Waals surface area contributed by atoms with Crippen molar-refractivity contribution in [1.29, 1.82) is 0 Å². The number of rotatable bonds is 5. The predicted octanol–water partition coefficient (Wildman–Crippen LogP) is 1.91. The lowest BCUT2D eigenvalue weighted by molar-refractivity contribution is -0.139. The van der Waals surface area contributed by atoms with E-state index in [4.69, 9.17) is 0 Å². The van der Waals surface area contributed by atoms with Crippen LogP contribution in [-0.2, 0) is 23.6 Å². The number of halogens is 6. The van der Waals surface area contributed by atoms with Gasteiger partial charge in [0.2, 0.25) is 11.9 Å². The van der Waals surface area contributed by atoms with Crippen LogP contribution >= 0.6 is 0 Å². The van der Waals surface area contributed by atoms with Crippen LogP contribution in [0.2, 0.25) is 0 Å². The Morgan fingerprint density at radius 1 is 1.06 bits per heavy atom. The molecule has 0 radical (unpaired) electrons. The molecule has 2 aromatic rings. The Balaban J connectivity index is 1.27. The molecule has 3 heterocycles. The van der Waals surface area contributed by atoms with Gasteiger partial charge >= 0.3 is 12.4 Å². The van der Waals surface area contributed by atoms with Gasteiger partial charge in [0.1, 0.15) is 5.56 Å². The zero-order chi connectivity index (χ0) is 25.4. The highest BCUT2D eigenvalue weighted by molar-refractivity contribution is 5.76. The molecule has 190 valence electrons. The van der Waals surface area contributed by atoms with Crippen molar-refractivity contribution in [2.45, 2.75) is 37.7 Å². The minimum absolute atomic E-state index is 0.0562. The van der Waals surface area contributed by atoms with E-state index in [0.29, 0.717) is 32.6 Å². The summed E-state index contributed by atoms with van der Waals surface area (Å²) in [5.41, 5.74) is -3.42. The second-order valence-corrected chi connectivity index (χ2v) is 8.22. The van der Waals surface area contributed by atoms with Gasteiger partial charge in [-0.15, -0.1) is 0 Å². The zero-order valence-corrected chi connectivity index (χ0v) is 18.2. The smallest absolute Gasteiger partial charge is 0.339 e. The number of aromatic nitrogens is 4. The normalized spacial score (nSPS) is 18.6. The fourth-order valence-corrected chi connectivity index (χ4v) is 4.26. The van der Waals surface area contributed by atoms with Gasteiger partial charge in [0, 0.05) is 51.5 Å². The van der Waals surface area contributed by atoms with E-state index in [-0.39, 0.29) is 42.5 Å². The molecule has 2 aromatic heterocycles. The van der Waals surface area contributed by atoms with E-state index in [1.54, 1.807) is 9.80 Å². The van der Waals surface area contributed by atoms with Crippen LogP contribution in [-0.4, -0.2) is 63.7 Å². The third-order valence-corrected chi connectivity index (χ3v) is 6.02. The van der Waals surface area contributed by atoms with Crippen molar-refractivity contribution in [3.8, 4) is 0 Å². The molecule has 0 unspecified atom stereocenters. The van der Waals surface area contributed by atoms with Crippen molar-refractivity contribution in [3.63, 3.8) is 0 Å². The Labute approximate surface area is 194 Å². The first kappa shape index (κ1) is 24.9. The molecule has 1 atom stereocenters. The number of carbonyl (C=O) groups is 1. The monoisotopic (exact) mass is 505 g/mol. The van der Waals surface area contributed by atoms with E-state index in [1.807, 2.05) is 5.10 Å². The van der Waals surface area contributed by atoms with Crippen LogP contribution in [0.25, 0.3) is 0 Å². The van der Waals surface area contributed by atoms with Gasteiger partial charge in [-0.25, -0.2) is 15.1 Å². The Kier molecular flexibility index (Phi) is 6.71. The molecular formula is C20H21F6N7O2. The molecule has 2 N–H and O–H groups in total. The van der Waals surface area contributed by atoms with Crippen molar-refractivity contribution in [1.82, 2.24) is 30.4 Å². The summed E-state index contributed by atoms with van der Waals surface area (Å²) in [5.74, 6) is -0.0236. The number of nitrogens with one attached hydrogen (secondary N) is 2. The second kappa shape index (κ2) is 9.43. The standard InChI is InChI=1S/C20H21F6N7O2/c21-19(22,23)11-9-28-18(29-10-11)33-7-5-32(6-8-33)14(34)3-4-27-13-2-1-12-15(20(24,25)26)17(35)31-30-16(12)13/h9-10,13,27H,1-8H2,(H,31,35)/t13-/m1/s1. The average Bonchev–Trinajstić information content (AvgIpc) is 3.20. The molecule has 35 heavy (non-hydrogen) atoms. The van der Waals surface area contributed by atoms with E-state index in [9.17, 15) is 35.9 Å². The topological polar surface area (TPSA) is 107 Å². The second-order valence-electron chi connectivity index (χ2n) is 8.22. The summed E-state index contributed by atoms with van der Waals surface area (Å²) in [4.78, 5) is 35.0. The number of anilines is 1. The van der Waals surface area contributed by atoms with Crippen molar-refractivity contribution >= 4 is 11.9 Å². The van der Waals surface area contributed by atoms with E-state index in [0.717, 1.165) is 12.4 Å². The van der Waals surface area contributed by atoms with Gasteiger partial charge in [-0.2, -0.15) is 31.4 Å². The lowest BCUT2D eigenvalue weighted by Crippen LogP contribution is -2.49. The van der Waals surface area contributed by atoms with E-state index in [1.165, 1.54) is 0 Å². The molecule has 0 spiro atoms. The maximum Gasteiger partial charge on any atom is 0.422 e. The number of alkyl halides is 6. The number of amides is 1. The van der Waals surface area contributed by atoms with Crippen molar-refractivity contribution < 1.29 is 31.1 Å². The molecule has 0 saturated carbocycles. The van der Waals surface area contributed by atoms with Crippen LogP contribution in [0, 0.1) is 0 Å². The number of aromatic amines is 1. The van der Waals surface area contributed by atoms with Crippen LogP contribution in [0.3, 0.4) is 0 Å². The van der Waals surface area contributed by atoms with Gasteiger partial charge in [-0.1, -0.05) is 0 Å². The fraction of sp³-hybridized carbons (Fsp3) is 0.550. The number of nitrogens with zero attached hydrogens (tertiary/aromatic N) is 5. The maximum absolute atomic E-state index is 13.2. The average molecular weight is 505 g/mol. The number of carbonyl (C=O) groups excluding carboxylic acids is 1. The van der Waals surface area contributed by atoms with Gasteiger partial charge in [0.05, 0.1) is 17.3 Å². The molecular weight excluding hydrogens is 484 g/mol. The summed E-state index contributed by atoms with van der Waals surface area (Å²) in [6.45, 7) is 1.55. The summed E-state index contributed by atoms with van der Waals surface area (Å²) >= 11 is 0. The minimum atomic E-state index is -4.78. The lowest BCUT2D eigenvalue weighted by atomic mass is 10.1. The molecule has 2 aliphatic rings. The summed E-state index contributed by atoms with van der Waals surface area (Å²) in [6, 6.07) is -0.510. The molecule has 0 bridgehead atoms. The minimum Gasteiger partial charge on any atom is -0.339 e. The Morgan fingerprint density at radius 2 is 1.71 bits per heavy atom. The Bertz CT molecular complexity index is 1120. The van der Waals surface area contributed by atoms with Crippen molar-refractivity contribution in [3.05, 3.63) is 45.1 Å². The molecule has 4 rings (SSSR count). The summed E-state index contributed by atoms with van der Waals surface area (Å²) < 4.78 is 77.6. The van der Waals surface area contributed by atoms with Crippen LogP contribution in [0.1, 0.15) is 41.3 Å². The molecule has 1 saturated heterocycles. The number of H-pyrrole nitrogens is 1.